The summed E-state index contributed by atoms with van der Waals surface area (Å²) in [6.45, 7) is 4.96. The summed E-state index contributed by atoms with van der Waals surface area (Å²) < 4.78 is 13.4. The third-order valence-electron chi connectivity index (χ3n) is 19.0. The van der Waals surface area contributed by atoms with Gasteiger partial charge in [-0.25, -0.2) is 43.9 Å². The molecule has 550 valence electrons. The number of hydrogen-bond acceptors (Lipinski definition) is 21. The summed E-state index contributed by atoms with van der Waals surface area (Å²) in [6, 6.07) is 27.1. The van der Waals surface area contributed by atoms with Crippen molar-refractivity contribution < 1.29 is 18.8 Å². The monoisotopic (exact) mass is 1480 g/mol. The number of pyridine rings is 11. The van der Waals surface area contributed by atoms with Crippen LogP contribution in [0.3, 0.4) is 0 Å². The van der Waals surface area contributed by atoms with Crippen molar-refractivity contribution in [3.8, 4) is 101 Å². The summed E-state index contributed by atoms with van der Waals surface area (Å²) >= 11 is 0. The van der Waals surface area contributed by atoms with Crippen LogP contribution in [-0.2, 0) is 11.2 Å². The first-order chi connectivity index (χ1) is 54.8. The Bertz CT molecular complexity index is 6530. The Morgan fingerprint density at radius 1 is 0.446 bits per heavy atom. The molecule has 1 aliphatic heterocycles. The Morgan fingerprint density at radius 2 is 0.866 bits per heavy atom. The second kappa shape index (κ2) is 30.2. The quantitative estimate of drug-likeness (QED) is 0.0501. The van der Waals surface area contributed by atoms with E-state index in [-0.39, 0.29) is 23.7 Å². The number of anilines is 2. The van der Waals surface area contributed by atoms with Crippen LogP contribution in [-0.4, -0.2) is 195 Å². The van der Waals surface area contributed by atoms with Crippen LogP contribution in [0.2, 0.25) is 0 Å². The zero-order chi connectivity index (χ0) is 76.3. The maximum Gasteiger partial charge on any atom is 0.321 e. The van der Waals surface area contributed by atoms with Gasteiger partial charge in [0.2, 0.25) is 0 Å². The molecule has 19 rings (SSSR count). The Hall–Kier alpha value is -15.2. The average Bonchev–Trinajstić information content (AvgIpc) is 1.63. The Balaban J connectivity index is 0.000000122. The standard InChI is InChI=1S/C28H25N11O.C27H20FN7O.C25H20N10O/c1-38-5-7-39(8-6-38)28(40)33-20-9-18(12-30-14-20)19-10-21-25(36-37-26(21)32-13-19)27-34-23-16-31-15-22(24(23)35-27)17-3-2-4-29-11-17;1-2-20(36)10-19-8-5-16(11-30-19)17-9-21-25(34-35-26(21)31-12-17)27-32-23-14-29-13-22(24(23)33-27)15-3-6-18(28)7-4-15;1-35(2)25(36)30-17-6-15(9-27-11-17)16-7-18-22(33-34-23(18)29-10-16)24-31-20-13-28-12-19(21(20)32-24)14-4-3-5-26-8-14/h2-4,9-16H,5-8H2,1H3,(H,33,40)(H,34,35)(H,32,36,37);3-9,11-14H,2,10H2,1H3,(H,32,33)(H,31,34,35);3-13H,1-2H3,(H,30,36)(H,31,32)(H,29,33,34). The van der Waals surface area contributed by atoms with Crippen LogP contribution in [0.25, 0.3) is 168 Å². The van der Waals surface area contributed by atoms with Gasteiger partial charge in [0.15, 0.2) is 34.4 Å². The molecule has 1 fully saturated rings. The van der Waals surface area contributed by atoms with E-state index in [1.165, 1.54) is 17.0 Å². The van der Waals surface area contributed by atoms with Gasteiger partial charge in [-0.3, -0.25) is 60.0 Å². The number of halogens is 1. The van der Waals surface area contributed by atoms with Crippen molar-refractivity contribution in [1.82, 2.24) is 130 Å². The molecule has 0 atom stereocenters. The summed E-state index contributed by atoms with van der Waals surface area (Å²) in [5.41, 5.74) is 20.7. The molecule has 32 heteroatoms. The topological polar surface area (TPSA) is 399 Å². The van der Waals surface area contributed by atoms with Crippen molar-refractivity contribution in [2.75, 3.05) is 58.0 Å². The van der Waals surface area contributed by atoms with E-state index in [0.717, 1.165) is 135 Å². The first-order valence-corrected chi connectivity index (χ1v) is 35.5. The minimum atomic E-state index is -0.298. The minimum Gasteiger partial charge on any atom is -0.335 e. The summed E-state index contributed by atoms with van der Waals surface area (Å²) in [7, 11) is 5.42. The highest BCUT2D eigenvalue weighted by molar-refractivity contribution is 6.01. The normalized spacial score (nSPS) is 12.3. The first-order valence-electron chi connectivity index (χ1n) is 35.5. The number of urea groups is 2. The van der Waals surface area contributed by atoms with E-state index in [2.05, 4.69) is 123 Å². The van der Waals surface area contributed by atoms with Crippen molar-refractivity contribution in [2.45, 2.75) is 19.8 Å². The fourth-order valence-electron chi connectivity index (χ4n) is 13.0. The fourth-order valence-corrected chi connectivity index (χ4v) is 13.0. The van der Waals surface area contributed by atoms with Crippen molar-refractivity contribution in [3.63, 3.8) is 0 Å². The van der Waals surface area contributed by atoms with Gasteiger partial charge in [0.25, 0.3) is 0 Å². The number of nitrogens with zero attached hydrogens (tertiary/aromatic N) is 20. The summed E-state index contributed by atoms with van der Waals surface area (Å²) in [5, 5.41) is 30.5. The molecule has 17 aromatic heterocycles. The average molecular weight is 1490 g/mol. The van der Waals surface area contributed by atoms with E-state index in [1.54, 1.807) is 138 Å². The predicted octanol–water partition coefficient (Wildman–Crippen LogP) is 13.2. The van der Waals surface area contributed by atoms with E-state index in [0.29, 0.717) is 88.8 Å². The van der Waals surface area contributed by atoms with Crippen LogP contribution in [0.5, 0.6) is 0 Å². The molecular formula is C80H65FN28O3. The molecule has 18 aromatic rings. The Kier molecular flexibility index (Phi) is 18.8. The predicted molar refractivity (Wildman–Crippen MR) is 422 cm³/mol. The minimum absolute atomic E-state index is 0.122. The molecule has 0 radical (unpaired) electrons. The molecule has 4 amide bonds. The smallest absolute Gasteiger partial charge is 0.321 e. The lowest BCUT2D eigenvalue weighted by molar-refractivity contribution is -0.118. The Labute approximate surface area is 634 Å². The zero-order valence-electron chi connectivity index (χ0n) is 60.3. The highest BCUT2D eigenvalue weighted by Crippen LogP contribution is 2.37. The molecule has 1 saturated heterocycles. The molecule has 0 aliphatic carbocycles. The highest BCUT2D eigenvalue weighted by Gasteiger charge is 2.24. The summed E-state index contributed by atoms with van der Waals surface area (Å²) in [4.78, 5) is 115. The van der Waals surface area contributed by atoms with Gasteiger partial charge in [-0.05, 0) is 73.3 Å². The number of piperazine rings is 1. The number of imidazole rings is 3. The van der Waals surface area contributed by atoms with Gasteiger partial charge in [0.1, 0.15) is 39.7 Å². The second-order valence-corrected chi connectivity index (χ2v) is 26.7. The van der Waals surface area contributed by atoms with E-state index in [4.69, 9.17) is 15.0 Å². The van der Waals surface area contributed by atoms with Crippen LogP contribution in [0, 0.1) is 5.82 Å². The number of ketones is 1. The Morgan fingerprint density at radius 3 is 1.30 bits per heavy atom. The van der Waals surface area contributed by atoms with Gasteiger partial charge in [-0.15, -0.1) is 0 Å². The first kappa shape index (κ1) is 69.8. The number of aromatic nitrogens is 23. The molecule has 1 aliphatic rings. The van der Waals surface area contributed by atoms with Crippen LogP contribution < -0.4 is 10.6 Å². The van der Waals surface area contributed by atoms with Crippen molar-refractivity contribution in [2.24, 2.45) is 0 Å². The number of fused-ring (bicyclic) bond motifs is 6. The number of Topliss-reactive ketones (excluding diaryl/α,β-unsaturated/α-hetero) is 1. The van der Waals surface area contributed by atoms with Gasteiger partial charge in [-0.2, -0.15) is 15.3 Å². The molecule has 8 N–H and O–H groups in total. The van der Waals surface area contributed by atoms with Gasteiger partial charge >= 0.3 is 12.1 Å². The molecule has 18 heterocycles. The highest BCUT2D eigenvalue weighted by atomic mass is 19.1. The number of likely N-dealkylation sites (N-methyl/N-ethyl adjacent to an activating group) is 1. The largest absolute Gasteiger partial charge is 0.335 e. The molecular weight excluding hydrogens is 1420 g/mol. The third-order valence-corrected chi connectivity index (χ3v) is 19.0. The van der Waals surface area contributed by atoms with Gasteiger partial charge in [0.05, 0.1) is 80.6 Å². The molecule has 1 aromatic carbocycles. The van der Waals surface area contributed by atoms with E-state index < -0.39 is 0 Å². The molecule has 0 spiro atoms. The number of amides is 4. The van der Waals surface area contributed by atoms with Crippen LogP contribution in [0.15, 0.2) is 203 Å². The van der Waals surface area contributed by atoms with Gasteiger partial charge in [0, 0.05) is 201 Å². The SMILES string of the molecule is CCC(=O)Cc1ccc(-c2cnc3n[nH]c(-c4nc5c(-c6ccc(F)cc6)cncc5[nH]4)c3c2)cn1.CN(C)C(=O)Nc1cncc(-c2cnc3n[nH]c(-c4nc5c(-c6cccnc6)cncc5[nH]4)c3c2)c1.CN1CCN(C(=O)Nc2cncc(-c3cnc4n[nH]c(-c5nc6c(-c7cccnc7)cncc6[nH]5)c4c3)c2)CC1. The zero-order valence-corrected chi connectivity index (χ0v) is 60.3. The number of aromatic amines is 6. The number of carbonyl (C=O) groups excluding carboxylic acids is 3. The second-order valence-electron chi connectivity index (χ2n) is 26.7. The molecule has 31 nitrogen and oxygen atoms in total. The fraction of sp³-hybridized carbons (Fsp3) is 0.125. The molecule has 0 bridgehead atoms. The van der Waals surface area contributed by atoms with E-state index in [9.17, 15) is 18.8 Å². The number of carbonyl (C=O) groups is 3. The van der Waals surface area contributed by atoms with Crippen molar-refractivity contribution in [3.05, 3.63) is 214 Å². The van der Waals surface area contributed by atoms with E-state index >= 15 is 0 Å². The molecule has 0 saturated carbocycles. The maximum atomic E-state index is 13.4. The maximum absolute atomic E-state index is 13.4. The van der Waals surface area contributed by atoms with Crippen LogP contribution >= 0.6 is 0 Å². The van der Waals surface area contributed by atoms with Crippen molar-refractivity contribution in [1.29, 1.82) is 0 Å². The number of H-pyrrole nitrogens is 6. The number of rotatable bonds is 14. The third kappa shape index (κ3) is 14.4. The number of hydrogen-bond donors (Lipinski definition) is 8. The lowest BCUT2D eigenvalue weighted by atomic mass is 10.1. The number of nitrogens with one attached hydrogen (secondary N) is 8. The molecule has 112 heavy (non-hydrogen) atoms. The van der Waals surface area contributed by atoms with Gasteiger partial charge < -0.3 is 40.3 Å². The lowest BCUT2D eigenvalue weighted by Gasteiger charge is -2.32. The lowest BCUT2D eigenvalue weighted by Crippen LogP contribution is -2.48. The number of benzene rings is 1. The summed E-state index contributed by atoms with van der Waals surface area (Å²) in [5.74, 6) is 1.70. The van der Waals surface area contributed by atoms with Crippen LogP contribution in [0.4, 0.5) is 25.4 Å². The summed E-state index contributed by atoms with van der Waals surface area (Å²) in [6.07, 6.45) is 32.1. The van der Waals surface area contributed by atoms with Crippen LogP contribution in [0.1, 0.15) is 19.0 Å². The van der Waals surface area contributed by atoms with Gasteiger partial charge in [-0.1, -0.05) is 37.3 Å². The van der Waals surface area contributed by atoms with Crippen molar-refractivity contribution >= 4 is 95.4 Å². The molecule has 0 unspecified atom stereocenters. The van der Waals surface area contributed by atoms with E-state index in [1.807, 2.05) is 78.6 Å².